The first-order valence-corrected chi connectivity index (χ1v) is 3.56. The molecule has 0 fully saturated rings. The standard InChI is InChI=1S/C8H14N2O/c1-6(7(2)11)8(9)4-5-10-3/h4-6H,9H2,1-3H3/p+1. The van der Waals surface area contributed by atoms with E-state index in [9.17, 15) is 4.79 Å². The molecule has 3 N–H and O–H groups in total. The molecule has 62 valence electrons. The normalized spacial score (nSPS) is 15.4. The predicted octanol–water partition coefficient (Wildman–Crippen LogP) is -1.16. The van der Waals surface area contributed by atoms with E-state index < -0.39 is 0 Å². The van der Waals surface area contributed by atoms with Crippen LogP contribution in [0.3, 0.4) is 0 Å². The van der Waals surface area contributed by atoms with Gasteiger partial charge in [0.05, 0.1) is 5.92 Å². The molecule has 0 aromatic carbocycles. The lowest BCUT2D eigenvalue weighted by atomic mass is 10.0. The van der Waals surface area contributed by atoms with Crippen molar-refractivity contribution in [3.8, 4) is 0 Å². The van der Waals surface area contributed by atoms with Crippen molar-refractivity contribution in [3.63, 3.8) is 0 Å². The average molecular weight is 155 g/mol. The van der Waals surface area contributed by atoms with E-state index in [0.717, 1.165) is 0 Å². The van der Waals surface area contributed by atoms with Crippen LogP contribution in [0.1, 0.15) is 13.8 Å². The van der Waals surface area contributed by atoms with E-state index in [-0.39, 0.29) is 11.7 Å². The summed E-state index contributed by atoms with van der Waals surface area (Å²) in [5.41, 5.74) is 6.16. The highest BCUT2D eigenvalue weighted by atomic mass is 16.1. The molecule has 1 unspecified atom stereocenters. The summed E-state index contributed by atoms with van der Waals surface area (Å²) in [6.45, 7) is 3.32. The lowest BCUT2D eigenvalue weighted by Crippen LogP contribution is -2.62. The number of carbonyl (C=O) groups is 1. The van der Waals surface area contributed by atoms with Crippen LogP contribution in [-0.4, -0.2) is 19.0 Å². The number of hydrogen-bond donors (Lipinski definition) is 2. The van der Waals surface area contributed by atoms with Gasteiger partial charge in [-0.05, 0) is 13.8 Å². The molecule has 0 radical (unpaired) electrons. The molecule has 0 aromatic heterocycles. The van der Waals surface area contributed by atoms with Crippen molar-refractivity contribution in [2.45, 2.75) is 13.8 Å². The SMILES string of the molecule is C[NH+]=CC=C(N)C(C)C(C)=O. The molecule has 11 heavy (non-hydrogen) atoms. The molecule has 0 saturated heterocycles. The zero-order chi connectivity index (χ0) is 8.85. The van der Waals surface area contributed by atoms with Gasteiger partial charge < -0.3 is 5.73 Å². The smallest absolute Gasteiger partial charge is 0.163 e. The Kier molecular flexibility index (Phi) is 4.18. The fraction of sp³-hybridized carbons (Fsp3) is 0.500. The molecule has 0 heterocycles. The summed E-state index contributed by atoms with van der Waals surface area (Å²) in [5.74, 6) is -0.0946. The average Bonchev–Trinajstić information content (AvgIpc) is 1.98. The molecule has 0 aromatic rings. The zero-order valence-electron chi connectivity index (χ0n) is 7.22. The second-order valence-corrected chi connectivity index (χ2v) is 2.45. The monoisotopic (exact) mass is 155 g/mol. The fourth-order valence-corrected chi connectivity index (χ4v) is 0.559. The summed E-state index contributed by atoms with van der Waals surface area (Å²) in [4.78, 5) is 13.6. The molecule has 0 saturated carbocycles. The minimum Gasteiger partial charge on any atom is -0.401 e. The van der Waals surface area contributed by atoms with Crippen LogP contribution in [0.5, 0.6) is 0 Å². The van der Waals surface area contributed by atoms with Crippen LogP contribution in [0.15, 0.2) is 11.8 Å². The second-order valence-electron chi connectivity index (χ2n) is 2.45. The highest BCUT2D eigenvalue weighted by Gasteiger charge is 2.09. The van der Waals surface area contributed by atoms with Crippen LogP contribution < -0.4 is 10.7 Å². The fourth-order valence-electron chi connectivity index (χ4n) is 0.559. The molecule has 0 aliphatic carbocycles. The second kappa shape index (κ2) is 4.66. The van der Waals surface area contributed by atoms with Crippen LogP contribution in [0.25, 0.3) is 0 Å². The molecule has 3 heteroatoms. The maximum Gasteiger partial charge on any atom is 0.163 e. The van der Waals surface area contributed by atoms with Gasteiger partial charge in [0, 0.05) is 11.8 Å². The van der Waals surface area contributed by atoms with Crippen molar-refractivity contribution in [2.75, 3.05) is 7.05 Å². The number of ketones is 1. The third-order valence-corrected chi connectivity index (χ3v) is 1.55. The first kappa shape index (κ1) is 9.88. The van der Waals surface area contributed by atoms with Crippen molar-refractivity contribution in [2.24, 2.45) is 11.7 Å². The quantitative estimate of drug-likeness (QED) is 0.505. The maximum absolute atomic E-state index is 10.8. The lowest BCUT2D eigenvalue weighted by Gasteiger charge is -2.04. The molecule has 0 bridgehead atoms. The number of allylic oxidation sites excluding steroid dienone is 2. The van der Waals surface area contributed by atoms with Crippen LogP contribution in [0, 0.1) is 5.92 Å². The third kappa shape index (κ3) is 3.55. The molecular formula is C8H15N2O+. The van der Waals surface area contributed by atoms with Gasteiger partial charge in [0.25, 0.3) is 0 Å². The molecule has 0 aliphatic heterocycles. The van der Waals surface area contributed by atoms with E-state index in [4.69, 9.17) is 5.73 Å². The van der Waals surface area contributed by atoms with Crippen LogP contribution in [0.4, 0.5) is 0 Å². The van der Waals surface area contributed by atoms with E-state index >= 15 is 0 Å². The van der Waals surface area contributed by atoms with E-state index in [2.05, 4.69) is 4.99 Å². The maximum atomic E-state index is 10.8. The Bertz CT molecular complexity index is 194. The number of rotatable bonds is 3. The van der Waals surface area contributed by atoms with Gasteiger partial charge in [0.2, 0.25) is 0 Å². The molecule has 3 nitrogen and oxygen atoms in total. The number of nitrogens with two attached hydrogens (primary N) is 1. The van der Waals surface area contributed by atoms with Crippen molar-refractivity contribution < 1.29 is 9.79 Å². The van der Waals surface area contributed by atoms with Gasteiger partial charge in [-0.1, -0.05) is 0 Å². The highest BCUT2D eigenvalue weighted by Crippen LogP contribution is 2.03. The summed E-state index contributed by atoms with van der Waals surface area (Å²) >= 11 is 0. The Morgan fingerprint density at radius 2 is 2.18 bits per heavy atom. The first-order chi connectivity index (χ1) is 5.09. The third-order valence-electron chi connectivity index (χ3n) is 1.55. The zero-order valence-corrected chi connectivity index (χ0v) is 7.22. The summed E-state index contributed by atoms with van der Waals surface area (Å²) in [7, 11) is 1.78. The van der Waals surface area contributed by atoms with E-state index in [0.29, 0.717) is 5.70 Å². The van der Waals surface area contributed by atoms with Gasteiger partial charge in [0.1, 0.15) is 12.8 Å². The Hall–Kier alpha value is -1.12. The minimum absolute atomic E-state index is 0.0863. The van der Waals surface area contributed by atoms with Gasteiger partial charge in [-0.2, -0.15) is 0 Å². The topological polar surface area (TPSA) is 57.1 Å². The number of hydrogen-bond acceptors (Lipinski definition) is 2. The van der Waals surface area contributed by atoms with Gasteiger partial charge >= 0.3 is 0 Å². The summed E-state index contributed by atoms with van der Waals surface area (Å²) in [5, 5.41) is 0. The predicted molar refractivity (Wildman–Crippen MR) is 45.1 cm³/mol. The molecule has 0 amide bonds. The van der Waals surface area contributed by atoms with E-state index in [1.165, 1.54) is 6.92 Å². The molecule has 0 rings (SSSR count). The van der Waals surface area contributed by atoms with Crippen molar-refractivity contribution in [1.82, 2.24) is 0 Å². The van der Waals surface area contributed by atoms with Gasteiger partial charge in [-0.15, -0.1) is 0 Å². The minimum atomic E-state index is -0.181. The summed E-state index contributed by atoms with van der Waals surface area (Å²) in [6.07, 6.45) is 3.40. The largest absolute Gasteiger partial charge is 0.401 e. The van der Waals surface area contributed by atoms with Crippen molar-refractivity contribution in [1.29, 1.82) is 0 Å². The van der Waals surface area contributed by atoms with Crippen LogP contribution >= 0.6 is 0 Å². The molecule has 0 aliphatic rings. The summed E-state index contributed by atoms with van der Waals surface area (Å²) < 4.78 is 0. The van der Waals surface area contributed by atoms with E-state index in [1.807, 2.05) is 0 Å². The first-order valence-electron chi connectivity index (χ1n) is 3.56. The van der Waals surface area contributed by atoms with Crippen molar-refractivity contribution >= 4 is 12.0 Å². The van der Waals surface area contributed by atoms with Gasteiger partial charge in [-0.3, -0.25) is 9.79 Å². The lowest BCUT2D eigenvalue weighted by molar-refractivity contribution is -0.413. The van der Waals surface area contributed by atoms with Crippen LogP contribution in [0.2, 0.25) is 0 Å². The summed E-state index contributed by atoms with van der Waals surface area (Å²) in [6, 6.07) is 0. The highest BCUT2D eigenvalue weighted by molar-refractivity contribution is 5.82. The Labute approximate surface area is 67.0 Å². The number of nitrogens with one attached hydrogen (secondary N) is 1. The Morgan fingerprint density at radius 3 is 2.55 bits per heavy atom. The molecular weight excluding hydrogens is 140 g/mol. The molecule has 1 atom stereocenters. The van der Waals surface area contributed by atoms with Gasteiger partial charge in [0.15, 0.2) is 6.21 Å². The van der Waals surface area contributed by atoms with Crippen LogP contribution in [-0.2, 0) is 4.79 Å². The van der Waals surface area contributed by atoms with Crippen molar-refractivity contribution in [3.05, 3.63) is 11.8 Å². The van der Waals surface area contributed by atoms with Gasteiger partial charge in [-0.25, -0.2) is 0 Å². The number of carbonyl (C=O) groups excluding carboxylic acids is 1. The van der Waals surface area contributed by atoms with E-state index in [1.54, 1.807) is 26.3 Å². The molecule has 0 spiro atoms. The number of Topliss-reactive ketones (excluding diaryl/α,β-unsaturated/α-hetero) is 1. The Balaban J connectivity index is 4.22. The Morgan fingerprint density at radius 1 is 1.64 bits per heavy atom.